The summed E-state index contributed by atoms with van der Waals surface area (Å²) < 4.78 is 14.0. The predicted molar refractivity (Wildman–Crippen MR) is 51.2 cm³/mol. The highest BCUT2D eigenvalue weighted by Gasteiger charge is 2.06. The number of nitriles is 1. The summed E-state index contributed by atoms with van der Waals surface area (Å²) in [5.41, 5.74) is 1.21. The number of nitrogens with zero attached hydrogens (tertiary/aromatic N) is 1. The van der Waals surface area contributed by atoms with Gasteiger partial charge in [-0.2, -0.15) is 5.26 Å². The lowest BCUT2D eigenvalue weighted by Gasteiger charge is -1.94. The maximum Gasteiger partial charge on any atom is 0.142 e. The Morgan fingerprint density at radius 2 is 2.23 bits per heavy atom. The highest BCUT2D eigenvalue weighted by Crippen LogP contribution is 2.27. The van der Waals surface area contributed by atoms with Crippen molar-refractivity contribution < 1.29 is 4.39 Å². The van der Waals surface area contributed by atoms with Crippen LogP contribution in [0.1, 0.15) is 11.1 Å². The van der Waals surface area contributed by atoms with E-state index in [2.05, 4.69) is 0 Å². The molecule has 0 radical (unpaired) electrons. The molecule has 2 aromatic rings. The first-order valence-corrected chi connectivity index (χ1v) is 4.68. The largest absolute Gasteiger partial charge is 0.205 e. The van der Waals surface area contributed by atoms with Crippen molar-refractivity contribution in [3.63, 3.8) is 0 Å². The number of benzene rings is 1. The molecule has 0 bridgehead atoms. The maximum atomic E-state index is 13.1. The summed E-state index contributed by atoms with van der Waals surface area (Å²) in [5.74, 6) is -0.433. The van der Waals surface area contributed by atoms with Crippen LogP contribution < -0.4 is 0 Å². The Balaban J connectivity index is 2.86. The molecule has 13 heavy (non-hydrogen) atoms. The molecule has 1 aromatic heterocycles. The summed E-state index contributed by atoms with van der Waals surface area (Å²) in [4.78, 5) is 0. The quantitative estimate of drug-likeness (QED) is 0.627. The summed E-state index contributed by atoms with van der Waals surface area (Å²) in [6, 6.07) is 4.86. The minimum Gasteiger partial charge on any atom is -0.205 e. The lowest BCUT2D eigenvalue weighted by atomic mass is 10.1. The van der Waals surface area contributed by atoms with Crippen LogP contribution in [0, 0.1) is 24.1 Å². The summed E-state index contributed by atoms with van der Waals surface area (Å²) >= 11 is 1.50. The van der Waals surface area contributed by atoms with E-state index in [4.69, 9.17) is 5.26 Å². The van der Waals surface area contributed by atoms with E-state index >= 15 is 0 Å². The van der Waals surface area contributed by atoms with E-state index in [1.165, 1.54) is 17.4 Å². The van der Waals surface area contributed by atoms with Gasteiger partial charge in [-0.25, -0.2) is 4.39 Å². The summed E-state index contributed by atoms with van der Waals surface area (Å²) in [5, 5.41) is 11.6. The molecule has 1 heterocycles. The average Bonchev–Trinajstić information content (AvgIpc) is 2.46. The smallest absolute Gasteiger partial charge is 0.142 e. The van der Waals surface area contributed by atoms with Crippen LogP contribution in [0.15, 0.2) is 17.5 Å². The van der Waals surface area contributed by atoms with Crippen molar-refractivity contribution >= 4 is 21.4 Å². The van der Waals surface area contributed by atoms with Crippen LogP contribution in [0.25, 0.3) is 10.1 Å². The predicted octanol–water partition coefficient (Wildman–Crippen LogP) is 3.22. The van der Waals surface area contributed by atoms with Crippen LogP contribution >= 0.6 is 11.3 Å². The van der Waals surface area contributed by atoms with Gasteiger partial charge in [0.2, 0.25) is 0 Å². The van der Waals surface area contributed by atoms with E-state index in [-0.39, 0.29) is 5.56 Å². The summed E-state index contributed by atoms with van der Waals surface area (Å²) in [6.07, 6.45) is 0. The molecule has 0 saturated carbocycles. The van der Waals surface area contributed by atoms with Gasteiger partial charge in [-0.05, 0) is 35.4 Å². The Kier molecular flexibility index (Phi) is 1.78. The van der Waals surface area contributed by atoms with Crippen molar-refractivity contribution in [1.82, 2.24) is 0 Å². The third-order valence-corrected chi connectivity index (χ3v) is 3.04. The van der Waals surface area contributed by atoms with Crippen molar-refractivity contribution in [1.29, 1.82) is 5.26 Å². The molecule has 0 unspecified atom stereocenters. The normalized spacial score (nSPS) is 10.2. The highest BCUT2D eigenvalue weighted by molar-refractivity contribution is 7.17. The molecule has 1 nitrogen and oxygen atoms in total. The number of thiophene rings is 1. The third kappa shape index (κ3) is 1.20. The standard InChI is InChI=1S/C10H6FNS/c1-6-5-13-10-3-9(11)7(4-12)2-8(6)10/h2-3,5H,1H3. The molecule has 0 saturated heterocycles. The van der Waals surface area contributed by atoms with Crippen molar-refractivity contribution in [2.45, 2.75) is 6.92 Å². The van der Waals surface area contributed by atoms with E-state index in [9.17, 15) is 4.39 Å². The lowest BCUT2D eigenvalue weighted by Crippen LogP contribution is -1.82. The average molecular weight is 191 g/mol. The minimum atomic E-state index is -0.433. The zero-order valence-electron chi connectivity index (χ0n) is 6.97. The SMILES string of the molecule is Cc1csc2cc(F)c(C#N)cc12. The highest BCUT2D eigenvalue weighted by atomic mass is 32.1. The number of aryl methyl sites for hydroxylation is 1. The Bertz CT molecular complexity index is 507. The Morgan fingerprint density at radius 1 is 1.46 bits per heavy atom. The van der Waals surface area contributed by atoms with Gasteiger partial charge in [0.1, 0.15) is 11.9 Å². The number of halogens is 1. The van der Waals surface area contributed by atoms with Crippen LogP contribution in [0.3, 0.4) is 0 Å². The van der Waals surface area contributed by atoms with Gasteiger partial charge in [0.15, 0.2) is 0 Å². The van der Waals surface area contributed by atoms with Crippen LogP contribution in [0.2, 0.25) is 0 Å². The number of hydrogen-bond donors (Lipinski definition) is 0. The first kappa shape index (κ1) is 8.21. The number of fused-ring (bicyclic) bond motifs is 1. The zero-order valence-corrected chi connectivity index (χ0v) is 7.78. The third-order valence-electron chi connectivity index (χ3n) is 1.98. The Morgan fingerprint density at radius 3 is 2.92 bits per heavy atom. The van der Waals surface area contributed by atoms with Gasteiger partial charge < -0.3 is 0 Å². The van der Waals surface area contributed by atoms with Gasteiger partial charge in [-0.15, -0.1) is 11.3 Å². The zero-order chi connectivity index (χ0) is 9.42. The van der Waals surface area contributed by atoms with Crippen molar-refractivity contribution in [3.05, 3.63) is 34.5 Å². The molecule has 64 valence electrons. The van der Waals surface area contributed by atoms with Crippen molar-refractivity contribution in [2.75, 3.05) is 0 Å². The first-order chi connectivity index (χ1) is 6.22. The van der Waals surface area contributed by atoms with Gasteiger partial charge in [0.25, 0.3) is 0 Å². The second-order valence-electron chi connectivity index (χ2n) is 2.86. The second kappa shape index (κ2) is 2.82. The number of hydrogen-bond acceptors (Lipinski definition) is 2. The summed E-state index contributed by atoms with van der Waals surface area (Å²) in [7, 11) is 0. The van der Waals surface area contributed by atoms with E-state index < -0.39 is 5.82 Å². The molecule has 2 rings (SSSR count). The van der Waals surface area contributed by atoms with Gasteiger partial charge >= 0.3 is 0 Å². The number of rotatable bonds is 0. The van der Waals surface area contributed by atoms with E-state index in [0.29, 0.717) is 0 Å². The van der Waals surface area contributed by atoms with Crippen LogP contribution in [-0.4, -0.2) is 0 Å². The molecule has 0 aliphatic carbocycles. The molecule has 0 aliphatic rings. The lowest BCUT2D eigenvalue weighted by molar-refractivity contribution is 0.626. The fraction of sp³-hybridized carbons (Fsp3) is 0.100. The molecule has 0 spiro atoms. The topological polar surface area (TPSA) is 23.8 Å². The van der Waals surface area contributed by atoms with Gasteiger partial charge in [-0.3, -0.25) is 0 Å². The van der Waals surface area contributed by atoms with Crippen LogP contribution in [0.5, 0.6) is 0 Å². The Labute approximate surface area is 79.0 Å². The van der Waals surface area contributed by atoms with Crippen molar-refractivity contribution in [3.8, 4) is 6.07 Å². The van der Waals surface area contributed by atoms with Crippen LogP contribution in [-0.2, 0) is 0 Å². The molecule has 0 N–H and O–H groups in total. The minimum absolute atomic E-state index is 0.119. The molecular formula is C10H6FNS. The maximum absolute atomic E-state index is 13.1. The molecular weight excluding hydrogens is 185 g/mol. The molecule has 0 aliphatic heterocycles. The first-order valence-electron chi connectivity index (χ1n) is 3.80. The fourth-order valence-corrected chi connectivity index (χ4v) is 2.21. The van der Waals surface area contributed by atoms with Gasteiger partial charge in [-0.1, -0.05) is 0 Å². The van der Waals surface area contributed by atoms with Crippen molar-refractivity contribution in [2.24, 2.45) is 0 Å². The van der Waals surface area contributed by atoms with E-state index in [1.807, 2.05) is 18.4 Å². The molecule has 3 heteroatoms. The summed E-state index contributed by atoms with van der Waals surface area (Å²) in [6.45, 7) is 1.96. The molecule has 0 fully saturated rings. The monoisotopic (exact) mass is 191 g/mol. The fourth-order valence-electron chi connectivity index (χ4n) is 1.26. The molecule has 0 atom stereocenters. The second-order valence-corrected chi connectivity index (χ2v) is 3.77. The molecule has 0 amide bonds. The van der Waals surface area contributed by atoms with E-state index in [1.54, 1.807) is 6.07 Å². The van der Waals surface area contributed by atoms with E-state index in [0.717, 1.165) is 15.6 Å². The molecule has 1 aromatic carbocycles. The Hall–Kier alpha value is -1.40. The van der Waals surface area contributed by atoms with Gasteiger partial charge in [0, 0.05) is 4.70 Å². The van der Waals surface area contributed by atoms with Crippen LogP contribution in [0.4, 0.5) is 4.39 Å². The van der Waals surface area contributed by atoms with Gasteiger partial charge in [0.05, 0.1) is 5.56 Å².